The van der Waals surface area contributed by atoms with Gasteiger partial charge in [0.1, 0.15) is 5.60 Å². The van der Waals surface area contributed by atoms with Crippen LogP contribution < -0.4 is 10.2 Å². The summed E-state index contributed by atoms with van der Waals surface area (Å²) in [5, 5.41) is 15.9. The molecule has 346 valence electrons. The van der Waals surface area contributed by atoms with E-state index in [0.29, 0.717) is 43.9 Å². The minimum absolute atomic E-state index is 0.0562. The number of likely N-dealkylation sites (tertiary alicyclic amines) is 1. The Morgan fingerprint density at radius 2 is 1.83 bits per heavy atom. The number of ketones is 1. The first-order valence-corrected chi connectivity index (χ1v) is 24.3. The van der Waals surface area contributed by atoms with Crippen molar-refractivity contribution in [2.45, 2.75) is 108 Å². The maximum Gasteiger partial charge on any atom is 0.324 e. The molecule has 0 unspecified atom stereocenters. The van der Waals surface area contributed by atoms with E-state index >= 15 is 0 Å². The number of nitrogens with one attached hydrogen (secondary N) is 2. The molecule has 0 bridgehead atoms. The Labute approximate surface area is 387 Å². The maximum atomic E-state index is 13.7. The lowest BCUT2D eigenvalue weighted by atomic mass is 9.51. The minimum atomic E-state index is -0.914. The average Bonchev–Trinajstić information content (AvgIpc) is 3.82. The van der Waals surface area contributed by atoms with Crippen LogP contribution in [0.3, 0.4) is 0 Å². The summed E-state index contributed by atoms with van der Waals surface area (Å²) in [4.78, 5) is 50.2. The number of amides is 3. The molecule has 5 aliphatic carbocycles. The zero-order valence-electron chi connectivity index (χ0n) is 40.0. The van der Waals surface area contributed by atoms with Crippen molar-refractivity contribution in [1.29, 1.82) is 0 Å². The zero-order valence-corrected chi connectivity index (χ0v) is 40.0. The summed E-state index contributed by atoms with van der Waals surface area (Å²) in [5.41, 5.74) is 9.56. The van der Waals surface area contributed by atoms with E-state index in [0.717, 1.165) is 76.4 Å². The third kappa shape index (κ3) is 8.77. The van der Waals surface area contributed by atoms with Gasteiger partial charge in [-0.25, -0.2) is 4.79 Å². The quantitative estimate of drug-likeness (QED) is 0.138. The molecule has 2 heterocycles. The Morgan fingerprint density at radius 1 is 1.05 bits per heavy atom. The van der Waals surface area contributed by atoms with Gasteiger partial charge in [-0.05, 0) is 156 Å². The topological polar surface area (TPSA) is 112 Å². The Balaban J connectivity index is 0.000000177. The predicted molar refractivity (Wildman–Crippen MR) is 262 cm³/mol. The number of anilines is 1. The highest BCUT2D eigenvalue weighted by Gasteiger charge is 2.62. The van der Waals surface area contributed by atoms with Gasteiger partial charge in [0.2, 0.25) is 5.91 Å². The van der Waals surface area contributed by atoms with Crippen LogP contribution in [0.5, 0.6) is 0 Å². The molecule has 3 amide bonds. The highest BCUT2D eigenvalue weighted by molar-refractivity contribution is 5.96. The van der Waals surface area contributed by atoms with Crippen molar-refractivity contribution in [3.8, 4) is 11.8 Å². The molecule has 1 saturated heterocycles. The van der Waals surface area contributed by atoms with Crippen LogP contribution in [0, 0.1) is 35.0 Å². The Morgan fingerprint density at radius 3 is 2.54 bits per heavy atom. The molecule has 0 radical (unpaired) electrons. The summed E-state index contributed by atoms with van der Waals surface area (Å²) in [6, 6.07) is 15.5. The van der Waals surface area contributed by atoms with Crippen molar-refractivity contribution in [2.24, 2.45) is 23.2 Å². The Bertz CT molecular complexity index is 2420. The summed E-state index contributed by atoms with van der Waals surface area (Å²) in [6.07, 6.45) is 14.8. The number of carbonyl (C=O) groups excluding carboxylic acids is 3. The van der Waals surface area contributed by atoms with E-state index in [-0.39, 0.29) is 40.9 Å². The molecule has 2 aromatic carbocycles. The summed E-state index contributed by atoms with van der Waals surface area (Å²) in [6.45, 7) is 13.2. The number of hydrogen-bond acceptors (Lipinski definition) is 7. The van der Waals surface area contributed by atoms with Crippen molar-refractivity contribution >= 4 is 34.3 Å². The molecular weight excluding hydrogens is 809 g/mol. The molecule has 9 rings (SSSR count). The fourth-order valence-corrected chi connectivity index (χ4v) is 13.1. The molecule has 1 aromatic heterocycles. The summed E-state index contributed by atoms with van der Waals surface area (Å²) in [7, 11) is 8.15. The number of H-pyrrole nitrogens is 1. The Hall–Kier alpha value is -4.95. The number of hydrogen-bond donors (Lipinski definition) is 3. The van der Waals surface area contributed by atoms with E-state index in [4.69, 9.17) is 0 Å². The van der Waals surface area contributed by atoms with Crippen LogP contribution in [0.4, 0.5) is 10.5 Å². The van der Waals surface area contributed by atoms with Gasteiger partial charge < -0.3 is 25.2 Å². The smallest absolute Gasteiger partial charge is 0.324 e. The van der Waals surface area contributed by atoms with E-state index in [1.807, 2.05) is 40.1 Å². The molecule has 2 saturated carbocycles. The van der Waals surface area contributed by atoms with Gasteiger partial charge in [0.05, 0.1) is 5.92 Å². The summed E-state index contributed by atoms with van der Waals surface area (Å²) in [5.74, 6) is 7.74. The molecular formula is C55H72N6O4. The second-order valence-corrected chi connectivity index (χ2v) is 20.4. The normalized spacial score (nSPS) is 28.9. The van der Waals surface area contributed by atoms with Crippen molar-refractivity contribution in [2.75, 3.05) is 65.8 Å². The lowest BCUT2D eigenvalue weighted by Crippen LogP contribution is -2.55. The standard InChI is InChI=1S/C29H35NO2.C26H37N5O2/c1-5-15-29(32)16-14-26-24-12-8-20-17-22(31)11-13-23(20)27(24)25(18-28(26,29)2)19-6-9-21(10-7-19)30(3)4;1-5-11-30-17-19(25(32)31(26(33)27-6-2)13-8-12-29(3)4)14-21-20-9-7-10-22-24(20)18(16-28-22)15-23(21)30/h6-7,9-10,17,24-26,32H,8,11-14,16,18H2,1-4H3;5,7,9-10,16,19,21,23,28H,1,6,8,11-15,17H2,2-4H3,(H,27,33)/t24-,25+,26-,28-,29-;19-,21-,23-/m01/s1. The average molecular weight is 881 g/mol. The van der Waals surface area contributed by atoms with Gasteiger partial charge in [-0.1, -0.05) is 48.8 Å². The van der Waals surface area contributed by atoms with Crippen LogP contribution in [0.15, 0.2) is 84.1 Å². The van der Waals surface area contributed by atoms with E-state index in [2.05, 4.69) is 113 Å². The molecule has 0 spiro atoms. The first kappa shape index (κ1) is 46.6. The van der Waals surface area contributed by atoms with Gasteiger partial charge in [0.15, 0.2) is 5.78 Å². The number of nitrogens with zero attached hydrogens (tertiary/aromatic N) is 4. The SMILES string of the molecule is C=CCN1C[C@H](C(=O)N(CCCN(C)C)C(=O)NCC)C[C@@H]2c3cccc4[nH]cc(c34)C[C@H]21.CC#C[C@]1(O)CC[C@H]2[C@@H]3CCC4=CC(=O)CCC4=C3[C@@H](c3ccc(N(C)C)cc3)C[C@@]21C. The second kappa shape index (κ2) is 19.1. The zero-order chi connectivity index (χ0) is 46.2. The number of urea groups is 1. The number of aromatic amines is 1. The molecule has 3 fully saturated rings. The van der Waals surface area contributed by atoms with Crippen LogP contribution in [0.25, 0.3) is 10.9 Å². The van der Waals surface area contributed by atoms with Crippen LogP contribution in [0.1, 0.15) is 107 Å². The minimum Gasteiger partial charge on any atom is -0.378 e. The largest absolute Gasteiger partial charge is 0.378 e. The monoisotopic (exact) mass is 881 g/mol. The molecule has 8 atom stereocenters. The molecule has 65 heavy (non-hydrogen) atoms. The van der Waals surface area contributed by atoms with E-state index < -0.39 is 5.60 Å². The fraction of sp³-hybridized carbons (Fsp3) is 0.545. The number of aromatic nitrogens is 1. The summed E-state index contributed by atoms with van der Waals surface area (Å²) < 4.78 is 0. The van der Waals surface area contributed by atoms with Crippen molar-refractivity contribution in [3.63, 3.8) is 0 Å². The molecule has 1 aliphatic heterocycles. The van der Waals surface area contributed by atoms with Crippen molar-refractivity contribution < 1.29 is 19.5 Å². The summed E-state index contributed by atoms with van der Waals surface area (Å²) >= 11 is 0. The van der Waals surface area contributed by atoms with Crippen LogP contribution in [-0.4, -0.2) is 115 Å². The van der Waals surface area contributed by atoms with Crippen molar-refractivity contribution in [3.05, 3.63) is 101 Å². The molecule has 10 heteroatoms. The van der Waals surface area contributed by atoms with Gasteiger partial charge in [-0.15, -0.1) is 12.5 Å². The number of fused-ring (bicyclic) bond motifs is 6. The van der Waals surface area contributed by atoms with Crippen LogP contribution >= 0.6 is 0 Å². The number of aliphatic hydroxyl groups is 1. The number of piperidine rings is 1. The Kier molecular flexibility index (Phi) is 13.7. The van der Waals surface area contributed by atoms with Gasteiger partial charge in [-0.3, -0.25) is 19.4 Å². The highest BCUT2D eigenvalue weighted by Crippen LogP contribution is 2.66. The van der Waals surface area contributed by atoms with Crippen LogP contribution in [-0.2, 0) is 16.0 Å². The van der Waals surface area contributed by atoms with Crippen molar-refractivity contribution in [1.82, 2.24) is 25.0 Å². The number of rotatable bonds is 10. The van der Waals surface area contributed by atoms with Gasteiger partial charge in [-0.2, -0.15) is 0 Å². The first-order valence-electron chi connectivity index (χ1n) is 24.3. The fourth-order valence-electron chi connectivity index (χ4n) is 13.1. The number of allylic oxidation sites excluding steroid dienone is 4. The van der Waals surface area contributed by atoms with Crippen LogP contribution in [0.2, 0.25) is 0 Å². The number of carbonyl (C=O) groups is 3. The lowest BCUT2D eigenvalue weighted by Gasteiger charge is -2.53. The third-order valence-electron chi connectivity index (χ3n) is 16.1. The van der Waals surface area contributed by atoms with E-state index in [1.165, 1.54) is 43.8 Å². The van der Waals surface area contributed by atoms with E-state index in [9.17, 15) is 19.5 Å². The number of benzene rings is 2. The predicted octanol–water partition coefficient (Wildman–Crippen LogP) is 8.60. The van der Waals surface area contributed by atoms with E-state index in [1.54, 1.807) is 5.57 Å². The maximum absolute atomic E-state index is 13.7. The molecule has 10 nitrogen and oxygen atoms in total. The number of imide groups is 1. The first-order chi connectivity index (χ1) is 31.2. The molecule has 6 aliphatic rings. The second-order valence-electron chi connectivity index (χ2n) is 20.4. The molecule has 3 N–H and O–H groups in total. The van der Waals surface area contributed by atoms with Gasteiger partial charge in [0.25, 0.3) is 0 Å². The highest BCUT2D eigenvalue weighted by atomic mass is 16.3. The molecule has 3 aromatic rings. The van der Waals surface area contributed by atoms with Gasteiger partial charge >= 0.3 is 6.03 Å². The lowest BCUT2D eigenvalue weighted by molar-refractivity contribution is -0.135. The third-order valence-corrected chi connectivity index (χ3v) is 16.1. The van der Waals surface area contributed by atoms with Gasteiger partial charge in [0, 0.05) is 92.8 Å².